The van der Waals surface area contributed by atoms with Gasteiger partial charge in [-0.1, -0.05) is 13.3 Å². The molecule has 0 radical (unpaired) electrons. The van der Waals surface area contributed by atoms with Crippen LogP contribution in [0.2, 0.25) is 0 Å². The number of amides is 2. The molecule has 2 unspecified atom stereocenters. The molecule has 2 amide bonds. The van der Waals surface area contributed by atoms with E-state index in [4.69, 9.17) is 20.0 Å². The zero-order chi connectivity index (χ0) is 21.3. The fraction of sp³-hybridized carbons (Fsp3) is 0.500. The normalized spacial score (nSPS) is 26.2. The minimum absolute atomic E-state index is 0.204. The highest BCUT2D eigenvalue weighted by Gasteiger charge is 2.45. The molecule has 0 aliphatic carbocycles. The molecule has 0 saturated carbocycles. The Morgan fingerprint density at radius 2 is 2.17 bits per heavy atom. The Balaban J connectivity index is 1.42. The van der Waals surface area contributed by atoms with Gasteiger partial charge in [-0.05, 0) is 30.7 Å². The molecule has 3 aliphatic rings. The Morgan fingerprint density at radius 1 is 1.37 bits per heavy atom. The van der Waals surface area contributed by atoms with E-state index in [-0.39, 0.29) is 12.7 Å². The number of primary amides is 1. The summed E-state index contributed by atoms with van der Waals surface area (Å²) >= 11 is 0. The van der Waals surface area contributed by atoms with Gasteiger partial charge in [-0.15, -0.1) is 0 Å². The van der Waals surface area contributed by atoms with E-state index in [9.17, 15) is 14.7 Å². The predicted octanol–water partition coefficient (Wildman–Crippen LogP) is -0.477. The molecule has 0 bridgehead atoms. The number of nitrogens with one attached hydrogen (secondary N) is 3. The smallest absolute Gasteiger partial charge is 0.248 e. The molecule has 3 aliphatic heterocycles. The van der Waals surface area contributed by atoms with E-state index in [1.165, 1.54) is 0 Å². The lowest BCUT2D eigenvalue weighted by atomic mass is 9.97. The van der Waals surface area contributed by atoms with Gasteiger partial charge in [0, 0.05) is 18.5 Å². The maximum absolute atomic E-state index is 12.7. The van der Waals surface area contributed by atoms with Crippen LogP contribution in [0.5, 0.6) is 11.5 Å². The number of hydroxylamine groups is 1. The number of hydrogen-bond donors (Lipinski definition) is 5. The lowest BCUT2D eigenvalue weighted by molar-refractivity contribution is -0.130. The van der Waals surface area contributed by atoms with Crippen LogP contribution < -0.4 is 31.3 Å². The van der Waals surface area contributed by atoms with Gasteiger partial charge in [0.25, 0.3) is 0 Å². The second-order valence-corrected chi connectivity index (χ2v) is 7.78. The second kappa shape index (κ2) is 8.13. The summed E-state index contributed by atoms with van der Waals surface area (Å²) in [6.07, 6.45) is 2.05. The number of ether oxygens (including phenoxy) is 2. The van der Waals surface area contributed by atoms with Crippen molar-refractivity contribution in [2.45, 2.75) is 50.0 Å². The van der Waals surface area contributed by atoms with Crippen LogP contribution in [0, 0.1) is 0 Å². The third-order valence-corrected chi connectivity index (χ3v) is 5.57. The highest BCUT2D eigenvalue weighted by Crippen LogP contribution is 2.37. The molecule has 162 valence electrons. The maximum Gasteiger partial charge on any atom is 0.248 e. The van der Waals surface area contributed by atoms with Crippen LogP contribution in [0.15, 0.2) is 24.3 Å². The van der Waals surface area contributed by atoms with Gasteiger partial charge in [0.05, 0.1) is 17.8 Å². The van der Waals surface area contributed by atoms with Gasteiger partial charge in [-0.25, -0.2) is 0 Å². The van der Waals surface area contributed by atoms with Crippen molar-refractivity contribution >= 4 is 17.5 Å². The number of aliphatic hydroxyl groups is 1. The minimum Gasteiger partial charge on any atom is -0.454 e. The van der Waals surface area contributed by atoms with Gasteiger partial charge in [-0.3, -0.25) is 19.9 Å². The molecule has 4 rings (SSSR count). The number of benzene rings is 1. The van der Waals surface area contributed by atoms with E-state index in [0.717, 1.165) is 11.3 Å². The average Bonchev–Trinajstić information content (AvgIpc) is 3.46. The van der Waals surface area contributed by atoms with E-state index in [1.54, 1.807) is 0 Å². The monoisotopic (exact) mass is 418 g/mol. The first-order valence-corrected chi connectivity index (χ1v) is 9.99. The number of hydrogen-bond acceptors (Lipinski definition) is 8. The van der Waals surface area contributed by atoms with Gasteiger partial charge in [0.1, 0.15) is 5.60 Å². The molecule has 1 fully saturated rings. The van der Waals surface area contributed by atoms with Crippen molar-refractivity contribution in [3.8, 4) is 11.5 Å². The van der Waals surface area contributed by atoms with Crippen molar-refractivity contribution in [1.29, 1.82) is 0 Å². The zero-order valence-electron chi connectivity index (χ0n) is 16.6. The summed E-state index contributed by atoms with van der Waals surface area (Å²) in [5.74, 6) is 0.211. The Bertz CT molecular complexity index is 875. The highest BCUT2D eigenvalue weighted by atomic mass is 16.7. The van der Waals surface area contributed by atoms with Crippen molar-refractivity contribution in [1.82, 2.24) is 16.1 Å². The van der Waals surface area contributed by atoms with Crippen LogP contribution in [-0.2, 0) is 14.4 Å². The van der Waals surface area contributed by atoms with E-state index in [0.29, 0.717) is 37.3 Å². The van der Waals surface area contributed by atoms with Gasteiger partial charge in [0.2, 0.25) is 18.6 Å². The highest BCUT2D eigenvalue weighted by molar-refractivity contribution is 5.85. The maximum atomic E-state index is 12.7. The lowest BCUT2D eigenvalue weighted by Gasteiger charge is -2.23. The molecule has 3 heterocycles. The summed E-state index contributed by atoms with van der Waals surface area (Å²) in [7, 11) is 0. The van der Waals surface area contributed by atoms with Crippen molar-refractivity contribution in [2.24, 2.45) is 5.73 Å². The molecular weight excluding hydrogens is 392 g/mol. The number of rotatable bonds is 7. The molecular formula is C20H26N4O6. The number of nitrogens with two attached hydrogens (primary N) is 1. The summed E-state index contributed by atoms with van der Waals surface area (Å²) < 4.78 is 10.8. The van der Waals surface area contributed by atoms with Gasteiger partial charge < -0.3 is 30.9 Å². The van der Waals surface area contributed by atoms with Crippen molar-refractivity contribution in [3.05, 3.63) is 29.8 Å². The van der Waals surface area contributed by atoms with E-state index in [1.807, 2.05) is 31.2 Å². The minimum atomic E-state index is -1.42. The number of carbonyl (C=O) groups excluding carboxylic acids is 2. The molecule has 0 aromatic heterocycles. The van der Waals surface area contributed by atoms with Crippen molar-refractivity contribution < 1.29 is 29.0 Å². The fourth-order valence-corrected chi connectivity index (χ4v) is 3.95. The Hall–Kier alpha value is -2.82. The van der Waals surface area contributed by atoms with Crippen LogP contribution in [0.3, 0.4) is 0 Å². The first-order valence-electron chi connectivity index (χ1n) is 9.99. The molecule has 4 atom stereocenters. The fourth-order valence-electron chi connectivity index (χ4n) is 3.95. The third kappa shape index (κ3) is 3.93. The lowest BCUT2D eigenvalue weighted by Crippen LogP contribution is -2.53. The standard InChI is InChI=1S/C20H26N4O6/c1-2-3-12(17(25)18(21)26)23-19(27)14-8-20(9-22-14)7-13(24-30-20)11-4-5-15-16(6-11)29-10-28-15/h4-7,12,14,17,22,24-25H,2-3,8-10H2,1H3,(H2,21,26)(H,23,27)/t12?,14-,17?,20+/m0/s1. The van der Waals surface area contributed by atoms with Gasteiger partial charge >= 0.3 is 0 Å². The van der Waals surface area contributed by atoms with Crippen LogP contribution in [0.25, 0.3) is 5.70 Å². The van der Waals surface area contributed by atoms with Crippen LogP contribution in [-0.4, -0.2) is 54.0 Å². The molecule has 1 saturated heterocycles. The molecule has 1 spiro atoms. The molecule has 10 nitrogen and oxygen atoms in total. The van der Waals surface area contributed by atoms with Gasteiger partial charge in [0.15, 0.2) is 17.6 Å². The third-order valence-electron chi connectivity index (χ3n) is 5.57. The van der Waals surface area contributed by atoms with E-state index in [2.05, 4.69) is 16.1 Å². The second-order valence-electron chi connectivity index (χ2n) is 7.78. The summed E-state index contributed by atoms with van der Waals surface area (Å²) in [5, 5.41) is 15.9. The SMILES string of the molecule is CCCC(NC(=O)[C@@H]1C[C@]2(C=C(c3ccc4c(c3)OCO4)NO2)CN1)C(O)C(N)=O. The number of fused-ring (bicyclic) bond motifs is 1. The number of carbonyl (C=O) groups is 2. The first-order chi connectivity index (χ1) is 14.4. The summed E-state index contributed by atoms with van der Waals surface area (Å²) in [6, 6.07) is 4.37. The van der Waals surface area contributed by atoms with Crippen LogP contribution in [0.1, 0.15) is 31.7 Å². The Kier molecular flexibility index (Phi) is 5.54. The quantitative estimate of drug-likeness (QED) is 0.400. The average molecular weight is 418 g/mol. The van der Waals surface area contributed by atoms with E-state index < -0.39 is 29.7 Å². The molecule has 30 heavy (non-hydrogen) atoms. The van der Waals surface area contributed by atoms with E-state index >= 15 is 0 Å². The summed E-state index contributed by atoms with van der Waals surface area (Å²) in [6.45, 7) is 2.54. The first kappa shape index (κ1) is 20.5. The largest absolute Gasteiger partial charge is 0.454 e. The van der Waals surface area contributed by atoms with Crippen molar-refractivity contribution in [3.63, 3.8) is 0 Å². The van der Waals surface area contributed by atoms with Crippen LogP contribution >= 0.6 is 0 Å². The van der Waals surface area contributed by atoms with Crippen molar-refractivity contribution in [2.75, 3.05) is 13.3 Å². The topological polar surface area (TPSA) is 144 Å². The molecule has 10 heteroatoms. The predicted molar refractivity (Wildman–Crippen MR) is 106 cm³/mol. The zero-order valence-corrected chi connectivity index (χ0v) is 16.6. The van der Waals surface area contributed by atoms with Crippen LogP contribution in [0.4, 0.5) is 0 Å². The van der Waals surface area contributed by atoms with Gasteiger partial charge in [-0.2, -0.15) is 0 Å². The summed E-state index contributed by atoms with van der Waals surface area (Å²) in [4.78, 5) is 29.9. The molecule has 1 aromatic rings. The summed E-state index contributed by atoms with van der Waals surface area (Å²) in [5.41, 5.74) is 9.11. The number of aliphatic hydroxyl groups excluding tert-OH is 1. The Morgan fingerprint density at radius 3 is 2.93 bits per heavy atom. The molecule has 6 N–H and O–H groups in total. The molecule has 1 aromatic carbocycles. The Labute approximate surface area is 173 Å².